The third-order valence-corrected chi connectivity index (χ3v) is 3.65. The number of hydrogen-bond acceptors (Lipinski definition) is 3. The van der Waals surface area contributed by atoms with E-state index in [1.54, 1.807) is 12.1 Å². The van der Waals surface area contributed by atoms with Crippen molar-refractivity contribution in [3.63, 3.8) is 0 Å². The van der Waals surface area contributed by atoms with Crippen molar-refractivity contribution < 1.29 is 4.39 Å². The van der Waals surface area contributed by atoms with Gasteiger partial charge in [-0.3, -0.25) is 0 Å². The van der Waals surface area contributed by atoms with E-state index in [1.165, 1.54) is 6.07 Å². The number of nitrogens with zero attached hydrogens (tertiary/aromatic N) is 2. The summed E-state index contributed by atoms with van der Waals surface area (Å²) in [4.78, 5) is 4.52. The molecular formula is C14H22FN3. The minimum atomic E-state index is -0.210. The molecule has 0 spiro atoms. The third kappa shape index (κ3) is 2.75. The van der Waals surface area contributed by atoms with Crippen LogP contribution >= 0.6 is 0 Å². The average Bonchev–Trinajstić information content (AvgIpc) is 2.51. The molecule has 0 bridgehead atoms. The zero-order valence-corrected chi connectivity index (χ0v) is 11.2. The van der Waals surface area contributed by atoms with E-state index >= 15 is 0 Å². The van der Waals surface area contributed by atoms with Gasteiger partial charge in [-0.15, -0.1) is 0 Å². The Hall–Kier alpha value is -1.29. The highest BCUT2D eigenvalue weighted by Gasteiger charge is 2.24. The summed E-state index contributed by atoms with van der Waals surface area (Å²) in [5.74, 6) is -0.210. The van der Waals surface area contributed by atoms with Crippen LogP contribution < -0.4 is 10.6 Å². The topological polar surface area (TPSA) is 32.5 Å². The lowest BCUT2D eigenvalue weighted by molar-refractivity contribution is 0.327. The summed E-state index contributed by atoms with van der Waals surface area (Å²) in [6, 6.07) is 5.37. The second kappa shape index (κ2) is 5.57. The van der Waals surface area contributed by atoms with E-state index in [4.69, 9.17) is 5.73 Å². The Bertz CT molecular complexity index is 408. The van der Waals surface area contributed by atoms with E-state index in [0.717, 1.165) is 32.5 Å². The Morgan fingerprint density at radius 2 is 2.17 bits per heavy atom. The lowest BCUT2D eigenvalue weighted by atomic mass is 10.1. The van der Waals surface area contributed by atoms with Crippen LogP contribution in [0, 0.1) is 5.82 Å². The Kier molecular flexibility index (Phi) is 4.07. The Morgan fingerprint density at radius 1 is 1.39 bits per heavy atom. The van der Waals surface area contributed by atoms with Gasteiger partial charge in [0.15, 0.2) is 0 Å². The van der Waals surface area contributed by atoms with Crippen LogP contribution in [-0.4, -0.2) is 37.6 Å². The van der Waals surface area contributed by atoms with Crippen molar-refractivity contribution in [3.8, 4) is 0 Å². The van der Waals surface area contributed by atoms with Crippen LogP contribution in [0.1, 0.15) is 19.8 Å². The summed E-state index contributed by atoms with van der Waals surface area (Å²) >= 11 is 0. The summed E-state index contributed by atoms with van der Waals surface area (Å²) in [6.45, 7) is 5.12. The van der Waals surface area contributed by atoms with Crippen LogP contribution in [0.25, 0.3) is 0 Å². The lowest BCUT2D eigenvalue weighted by Gasteiger charge is -2.32. The highest BCUT2D eigenvalue weighted by Crippen LogP contribution is 2.26. The minimum absolute atomic E-state index is 0.210. The predicted molar refractivity (Wildman–Crippen MR) is 74.4 cm³/mol. The first kappa shape index (κ1) is 13.1. The fourth-order valence-corrected chi connectivity index (χ4v) is 2.67. The molecule has 0 aliphatic carbocycles. The molecule has 1 aliphatic heterocycles. The standard InChI is InChI=1S/C14H22FN3/c1-3-12-10-17(2)7-4-8-18(12)14-6-5-11(16)9-13(14)15/h5-6,9,12H,3-4,7-8,10,16H2,1-2H3. The van der Waals surface area contributed by atoms with E-state index in [2.05, 4.69) is 23.8 Å². The normalized spacial score (nSPS) is 21.9. The first-order chi connectivity index (χ1) is 8.61. The molecule has 0 saturated carbocycles. The molecule has 0 radical (unpaired) electrons. The van der Waals surface area contributed by atoms with E-state index < -0.39 is 0 Å². The minimum Gasteiger partial charge on any atom is -0.399 e. The predicted octanol–water partition coefficient (Wildman–Crippen LogP) is 2.33. The zero-order chi connectivity index (χ0) is 13.1. The van der Waals surface area contributed by atoms with Gasteiger partial charge in [-0.25, -0.2) is 4.39 Å². The van der Waals surface area contributed by atoms with Crippen LogP contribution in [0.3, 0.4) is 0 Å². The van der Waals surface area contributed by atoms with Gasteiger partial charge in [0.2, 0.25) is 0 Å². The molecule has 1 aliphatic rings. The number of nitrogen functional groups attached to an aromatic ring is 1. The van der Waals surface area contributed by atoms with Crippen LogP contribution in [0.15, 0.2) is 18.2 Å². The fourth-order valence-electron chi connectivity index (χ4n) is 2.67. The fraction of sp³-hybridized carbons (Fsp3) is 0.571. The van der Waals surface area contributed by atoms with Gasteiger partial charge in [-0.05, 0) is 44.6 Å². The van der Waals surface area contributed by atoms with Gasteiger partial charge in [0.05, 0.1) is 5.69 Å². The average molecular weight is 251 g/mol. The van der Waals surface area contributed by atoms with Crippen molar-refractivity contribution in [2.75, 3.05) is 37.3 Å². The van der Waals surface area contributed by atoms with Crippen molar-refractivity contribution in [2.45, 2.75) is 25.8 Å². The maximum atomic E-state index is 14.0. The maximum absolute atomic E-state index is 14.0. The molecule has 1 aromatic carbocycles. The molecule has 1 saturated heterocycles. The van der Waals surface area contributed by atoms with Gasteiger partial charge in [-0.2, -0.15) is 0 Å². The zero-order valence-electron chi connectivity index (χ0n) is 11.2. The highest BCUT2D eigenvalue weighted by atomic mass is 19.1. The van der Waals surface area contributed by atoms with E-state index in [1.807, 2.05) is 0 Å². The Balaban J connectivity index is 2.28. The van der Waals surface area contributed by atoms with Crippen LogP contribution in [0.4, 0.5) is 15.8 Å². The lowest BCUT2D eigenvalue weighted by Crippen LogP contribution is -2.40. The first-order valence-corrected chi connectivity index (χ1v) is 6.62. The van der Waals surface area contributed by atoms with Gasteiger partial charge >= 0.3 is 0 Å². The van der Waals surface area contributed by atoms with Crippen molar-refractivity contribution in [1.29, 1.82) is 0 Å². The van der Waals surface area contributed by atoms with Gasteiger partial charge < -0.3 is 15.5 Å². The number of hydrogen-bond donors (Lipinski definition) is 1. The molecule has 1 heterocycles. The Labute approximate surface area is 108 Å². The molecule has 0 amide bonds. The molecule has 0 aromatic heterocycles. The summed E-state index contributed by atoms with van der Waals surface area (Å²) < 4.78 is 14.0. The van der Waals surface area contributed by atoms with Gasteiger partial charge in [-0.1, -0.05) is 6.92 Å². The van der Waals surface area contributed by atoms with E-state index in [9.17, 15) is 4.39 Å². The summed E-state index contributed by atoms with van der Waals surface area (Å²) in [6.07, 6.45) is 2.09. The monoisotopic (exact) mass is 251 g/mol. The van der Waals surface area contributed by atoms with Crippen molar-refractivity contribution in [3.05, 3.63) is 24.0 Å². The van der Waals surface area contributed by atoms with Gasteiger partial charge in [0, 0.05) is 24.8 Å². The molecule has 1 aromatic rings. The number of halogens is 1. The number of anilines is 2. The quantitative estimate of drug-likeness (QED) is 0.819. The molecule has 1 atom stereocenters. The van der Waals surface area contributed by atoms with Gasteiger partial charge in [0.1, 0.15) is 5.82 Å². The molecule has 2 rings (SSSR count). The Morgan fingerprint density at radius 3 is 2.83 bits per heavy atom. The van der Waals surface area contributed by atoms with Crippen LogP contribution in [-0.2, 0) is 0 Å². The van der Waals surface area contributed by atoms with E-state index in [0.29, 0.717) is 17.4 Å². The maximum Gasteiger partial charge on any atom is 0.148 e. The number of likely N-dealkylation sites (N-methyl/N-ethyl adjacent to an activating group) is 1. The van der Waals surface area contributed by atoms with Crippen LogP contribution in [0.2, 0.25) is 0 Å². The molecule has 3 nitrogen and oxygen atoms in total. The molecule has 18 heavy (non-hydrogen) atoms. The van der Waals surface area contributed by atoms with Crippen LogP contribution in [0.5, 0.6) is 0 Å². The van der Waals surface area contributed by atoms with E-state index in [-0.39, 0.29) is 5.82 Å². The summed E-state index contributed by atoms with van der Waals surface area (Å²) in [5.41, 5.74) is 6.78. The van der Waals surface area contributed by atoms with Gasteiger partial charge in [0.25, 0.3) is 0 Å². The first-order valence-electron chi connectivity index (χ1n) is 6.62. The molecule has 1 unspecified atom stereocenters. The number of rotatable bonds is 2. The number of benzene rings is 1. The highest BCUT2D eigenvalue weighted by molar-refractivity contribution is 5.55. The summed E-state index contributed by atoms with van der Waals surface area (Å²) in [5, 5.41) is 0. The second-order valence-corrected chi connectivity index (χ2v) is 5.08. The molecule has 2 N–H and O–H groups in total. The van der Waals surface area contributed by atoms with Crippen molar-refractivity contribution in [1.82, 2.24) is 4.90 Å². The molecule has 4 heteroatoms. The molecular weight excluding hydrogens is 229 g/mol. The molecule has 1 fully saturated rings. The summed E-state index contributed by atoms with van der Waals surface area (Å²) in [7, 11) is 2.13. The number of nitrogens with two attached hydrogens (primary N) is 1. The smallest absolute Gasteiger partial charge is 0.148 e. The van der Waals surface area contributed by atoms with Crippen molar-refractivity contribution >= 4 is 11.4 Å². The SMILES string of the molecule is CCC1CN(C)CCCN1c1ccc(N)cc1F. The third-order valence-electron chi connectivity index (χ3n) is 3.65. The largest absolute Gasteiger partial charge is 0.399 e. The van der Waals surface area contributed by atoms with Crippen molar-refractivity contribution in [2.24, 2.45) is 0 Å². The second-order valence-electron chi connectivity index (χ2n) is 5.08. The molecule has 100 valence electrons.